The molecule has 1 aromatic heterocycles. The summed E-state index contributed by atoms with van der Waals surface area (Å²) in [6.45, 7) is 4.78. The van der Waals surface area contributed by atoms with Gasteiger partial charge in [0.15, 0.2) is 0 Å². The number of nitrogens with one attached hydrogen (secondary N) is 1. The van der Waals surface area contributed by atoms with Crippen molar-refractivity contribution in [2.75, 3.05) is 5.32 Å². The zero-order valence-corrected chi connectivity index (χ0v) is 16.4. The van der Waals surface area contributed by atoms with E-state index in [-0.39, 0.29) is 11.7 Å². The van der Waals surface area contributed by atoms with Gasteiger partial charge in [0.1, 0.15) is 11.5 Å². The van der Waals surface area contributed by atoms with Crippen LogP contribution >= 0.6 is 0 Å². The van der Waals surface area contributed by atoms with Crippen LogP contribution in [0.15, 0.2) is 48.5 Å². The number of hydrogen-bond donors (Lipinski definition) is 1. The van der Waals surface area contributed by atoms with Crippen LogP contribution < -0.4 is 5.32 Å². The normalized spacial score (nSPS) is 13.2. The van der Waals surface area contributed by atoms with Crippen LogP contribution in [-0.2, 0) is 19.4 Å². The van der Waals surface area contributed by atoms with E-state index in [1.807, 2.05) is 6.92 Å². The molecular formula is C24H25FN2O. The number of aryl methyl sites for hydroxylation is 1. The fourth-order valence-electron chi connectivity index (χ4n) is 4.17. The number of hydrogen-bond acceptors (Lipinski definition) is 1. The molecule has 3 nitrogen and oxygen atoms in total. The fraction of sp³-hybridized carbons (Fsp3) is 0.292. The van der Waals surface area contributed by atoms with E-state index in [0.717, 1.165) is 31.2 Å². The molecule has 0 saturated carbocycles. The summed E-state index contributed by atoms with van der Waals surface area (Å²) in [6, 6.07) is 14.5. The molecule has 1 N–H and O–H groups in total. The third-order valence-electron chi connectivity index (χ3n) is 5.60. The average Bonchev–Trinajstić information content (AvgIpc) is 2.96. The molecule has 0 atom stereocenters. The topological polar surface area (TPSA) is 34.0 Å². The van der Waals surface area contributed by atoms with Gasteiger partial charge in [0.2, 0.25) is 0 Å². The van der Waals surface area contributed by atoms with Gasteiger partial charge in [-0.1, -0.05) is 35.9 Å². The maximum atomic E-state index is 13.5. The highest BCUT2D eigenvalue weighted by molar-refractivity contribution is 6.04. The van der Waals surface area contributed by atoms with Crippen molar-refractivity contribution >= 4 is 11.6 Å². The molecule has 1 heterocycles. The van der Waals surface area contributed by atoms with E-state index >= 15 is 0 Å². The highest BCUT2D eigenvalue weighted by Gasteiger charge is 2.26. The van der Waals surface area contributed by atoms with Crippen molar-refractivity contribution in [1.29, 1.82) is 0 Å². The fourth-order valence-corrected chi connectivity index (χ4v) is 4.17. The summed E-state index contributed by atoms with van der Waals surface area (Å²) in [4.78, 5) is 13.2. The molecule has 4 rings (SSSR count). The van der Waals surface area contributed by atoms with E-state index in [4.69, 9.17) is 0 Å². The Kier molecular flexibility index (Phi) is 5.03. The third kappa shape index (κ3) is 3.59. The summed E-state index contributed by atoms with van der Waals surface area (Å²) in [6.07, 6.45) is 4.32. The Hall–Kier alpha value is -2.88. The standard InChI is InChI=1S/C24H25FN2O/c1-16-10-12-18(13-11-16)15-27-22-9-4-3-8-21(22)17(2)23(27)24(28)26-20-7-5-6-19(25)14-20/h5-7,10-14H,3-4,8-9,15H2,1-2H3,(H,26,28). The Bertz CT molecular complexity index is 1020. The molecule has 1 aliphatic carbocycles. The predicted molar refractivity (Wildman–Crippen MR) is 110 cm³/mol. The van der Waals surface area contributed by atoms with E-state index in [1.165, 1.54) is 34.5 Å². The molecule has 0 bridgehead atoms. The third-order valence-corrected chi connectivity index (χ3v) is 5.60. The van der Waals surface area contributed by atoms with Crippen LogP contribution in [0.25, 0.3) is 0 Å². The van der Waals surface area contributed by atoms with Crippen LogP contribution in [0.3, 0.4) is 0 Å². The van der Waals surface area contributed by atoms with Gasteiger partial charge in [0.25, 0.3) is 5.91 Å². The summed E-state index contributed by atoms with van der Waals surface area (Å²) < 4.78 is 15.7. The molecule has 3 aromatic rings. The lowest BCUT2D eigenvalue weighted by atomic mass is 9.95. The van der Waals surface area contributed by atoms with Crippen molar-refractivity contribution in [3.63, 3.8) is 0 Å². The first kappa shape index (κ1) is 18.5. The molecule has 28 heavy (non-hydrogen) atoms. The van der Waals surface area contributed by atoms with Gasteiger partial charge in [-0.3, -0.25) is 4.79 Å². The first-order valence-corrected chi connectivity index (χ1v) is 9.86. The largest absolute Gasteiger partial charge is 0.336 e. The van der Waals surface area contributed by atoms with Gasteiger partial charge >= 0.3 is 0 Å². The number of anilines is 1. The number of amides is 1. The van der Waals surface area contributed by atoms with Crippen LogP contribution in [0, 0.1) is 19.7 Å². The van der Waals surface area contributed by atoms with Gasteiger partial charge in [-0.15, -0.1) is 0 Å². The lowest BCUT2D eigenvalue weighted by molar-refractivity contribution is 0.101. The van der Waals surface area contributed by atoms with Crippen LogP contribution in [0.5, 0.6) is 0 Å². The minimum absolute atomic E-state index is 0.176. The number of benzene rings is 2. The molecular weight excluding hydrogens is 351 g/mol. The Morgan fingerprint density at radius 1 is 1.07 bits per heavy atom. The maximum Gasteiger partial charge on any atom is 0.272 e. The number of fused-ring (bicyclic) bond motifs is 1. The number of aromatic nitrogens is 1. The molecule has 0 saturated heterocycles. The van der Waals surface area contributed by atoms with Gasteiger partial charge in [-0.2, -0.15) is 0 Å². The molecule has 0 radical (unpaired) electrons. The number of carbonyl (C=O) groups is 1. The zero-order valence-electron chi connectivity index (χ0n) is 16.4. The highest BCUT2D eigenvalue weighted by atomic mass is 19.1. The summed E-state index contributed by atoms with van der Waals surface area (Å²) in [5, 5.41) is 2.88. The molecule has 4 heteroatoms. The second-order valence-electron chi connectivity index (χ2n) is 7.64. The van der Waals surface area contributed by atoms with Crippen molar-refractivity contribution in [3.8, 4) is 0 Å². The van der Waals surface area contributed by atoms with E-state index < -0.39 is 0 Å². The molecule has 0 fully saturated rings. The molecule has 1 amide bonds. The summed E-state index contributed by atoms with van der Waals surface area (Å²) in [7, 11) is 0. The van der Waals surface area contributed by atoms with Crippen molar-refractivity contribution in [2.45, 2.75) is 46.1 Å². The zero-order chi connectivity index (χ0) is 19.7. The quantitative estimate of drug-likeness (QED) is 0.648. The Balaban J connectivity index is 1.73. The first-order valence-electron chi connectivity index (χ1n) is 9.86. The lowest BCUT2D eigenvalue weighted by Crippen LogP contribution is -2.20. The molecule has 1 aliphatic rings. The van der Waals surface area contributed by atoms with Crippen molar-refractivity contribution < 1.29 is 9.18 Å². The monoisotopic (exact) mass is 376 g/mol. The van der Waals surface area contributed by atoms with Gasteiger partial charge in [0.05, 0.1) is 0 Å². The van der Waals surface area contributed by atoms with Crippen LogP contribution in [0.1, 0.15) is 51.3 Å². The van der Waals surface area contributed by atoms with Crippen LogP contribution in [0.2, 0.25) is 0 Å². The predicted octanol–water partition coefficient (Wildman–Crippen LogP) is 5.42. The SMILES string of the molecule is Cc1ccc(Cn2c3c(c(C)c2C(=O)Nc2cccc(F)c2)CCCC3)cc1. The van der Waals surface area contributed by atoms with Crippen molar-refractivity contribution in [2.24, 2.45) is 0 Å². The number of carbonyl (C=O) groups excluding carboxylic acids is 1. The Labute approximate surface area is 165 Å². The Morgan fingerprint density at radius 2 is 1.82 bits per heavy atom. The molecule has 144 valence electrons. The highest BCUT2D eigenvalue weighted by Crippen LogP contribution is 2.31. The van der Waals surface area contributed by atoms with E-state index in [2.05, 4.69) is 41.1 Å². The van der Waals surface area contributed by atoms with Crippen molar-refractivity contribution in [1.82, 2.24) is 4.57 Å². The minimum atomic E-state index is -0.358. The second kappa shape index (κ2) is 7.63. The van der Waals surface area contributed by atoms with Crippen LogP contribution in [-0.4, -0.2) is 10.5 Å². The Morgan fingerprint density at radius 3 is 2.57 bits per heavy atom. The number of halogens is 1. The molecule has 2 aromatic carbocycles. The van der Waals surface area contributed by atoms with Crippen molar-refractivity contribution in [3.05, 3.63) is 88.0 Å². The smallest absolute Gasteiger partial charge is 0.272 e. The lowest BCUT2D eigenvalue weighted by Gasteiger charge is -2.17. The summed E-state index contributed by atoms with van der Waals surface area (Å²) in [5.74, 6) is -0.534. The molecule has 0 unspecified atom stereocenters. The second-order valence-corrected chi connectivity index (χ2v) is 7.64. The number of nitrogens with zero attached hydrogens (tertiary/aromatic N) is 1. The first-order chi connectivity index (χ1) is 13.5. The van der Waals surface area contributed by atoms with E-state index in [0.29, 0.717) is 17.9 Å². The number of rotatable bonds is 4. The van der Waals surface area contributed by atoms with Crippen LogP contribution in [0.4, 0.5) is 10.1 Å². The van der Waals surface area contributed by atoms with Gasteiger partial charge in [-0.25, -0.2) is 4.39 Å². The van der Waals surface area contributed by atoms with Gasteiger partial charge in [-0.05, 0) is 74.4 Å². The van der Waals surface area contributed by atoms with E-state index in [9.17, 15) is 9.18 Å². The summed E-state index contributed by atoms with van der Waals surface area (Å²) in [5.41, 5.74) is 7.20. The van der Waals surface area contributed by atoms with E-state index in [1.54, 1.807) is 12.1 Å². The summed E-state index contributed by atoms with van der Waals surface area (Å²) >= 11 is 0. The molecule has 0 aliphatic heterocycles. The molecule has 0 spiro atoms. The minimum Gasteiger partial charge on any atom is -0.336 e. The van der Waals surface area contributed by atoms with Gasteiger partial charge < -0.3 is 9.88 Å². The maximum absolute atomic E-state index is 13.5. The van der Waals surface area contributed by atoms with Gasteiger partial charge in [0, 0.05) is 17.9 Å². The average molecular weight is 376 g/mol.